The number of hydrogen-bond acceptors (Lipinski definition) is 3. The predicted molar refractivity (Wildman–Crippen MR) is 53.7 cm³/mol. The van der Waals surface area contributed by atoms with Gasteiger partial charge in [0.25, 0.3) is 0 Å². The van der Waals surface area contributed by atoms with Crippen molar-refractivity contribution >= 4 is 24.0 Å². The predicted octanol–water partition coefficient (Wildman–Crippen LogP) is 2.57. The second kappa shape index (κ2) is 4.78. The molecule has 0 aliphatic rings. The van der Waals surface area contributed by atoms with Crippen LogP contribution in [0.1, 0.15) is 24.0 Å². The summed E-state index contributed by atoms with van der Waals surface area (Å²) in [4.78, 5) is 4.45. The quantitative estimate of drug-likeness (QED) is 0.715. The van der Waals surface area contributed by atoms with E-state index in [9.17, 15) is 0 Å². The number of thiazole rings is 1. The molecule has 0 radical (unpaired) electrons. The highest BCUT2D eigenvalue weighted by Crippen LogP contribution is 2.12. The molecule has 0 N–H and O–H groups in total. The van der Waals surface area contributed by atoms with Gasteiger partial charge in [-0.25, -0.2) is 4.98 Å². The molecule has 0 aliphatic carbocycles. The van der Waals surface area contributed by atoms with Gasteiger partial charge in [-0.3, -0.25) is 0 Å². The van der Waals surface area contributed by atoms with Crippen LogP contribution in [0.5, 0.6) is 0 Å². The third-order valence-corrected chi connectivity index (χ3v) is 2.78. The normalized spacial score (nSPS) is 10.4. The smallest absolute Gasteiger partial charge is 0.0928 e. The zero-order chi connectivity index (χ0) is 8.10. The second-order valence-corrected chi connectivity index (χ2v) is 3.80. The molecule has 3 heteroatoms. The van der Waals surface area contributed by atoms with E-state index in [4.69, 9.17) is 0 Å². The molecule has 0 unspecified atom stereocenters. The van der Waals surface area contributed by atoms with Gasteiger partial charge >= 0.3 is 0 Å². The van der Waals surface area contributed by atoms with Crippen molar-refractivity contribution in [3.05, 3.63) is 16.1 Å². The van der Waals surface area contributed by atoms with Crippen molar-refractivity contribution in [2.24, 2.45) is 0 Å². The van der Waals surface area contributed by atoms with Crippen LogP contribution in [0.25, 0.3) is 0 Å². The summed E-state index contributed by atoms with van der Waals surface area (Å²) in [6, 6.07) is 0. The minimum atomic E-state index is 0.959. The minimum absolute atomic E-state index is 0.959. The summed E-state index contributed by atoms with van der Waals surface area (Å²) in [5, 5.41) is 3.41. The zero-order valence-corrected chi connectivity index (χ0v) is 8.42. The van der Waals surface area contributed by atoms with E-state index >= 15 is 0 Å². The van der Waals surface area contributed by atoms with Crippen LogP contribution < -0.4 is 0 Å². The van der Waals surface area contributed by atoms with E-state index in [2.05, 4.69) is 29.9 Å². The largest absolute Gasteiger partial charge is 0.246 e. The Labute approximate surface area is 77.3 Å². The van der Waals surface area contributed by atoms with Gasteiger partial charge in [0.2, 0.25) is 0 Å². The average molecular weight is 187 g/mol. The third kappa shape index (κ3) is 2.83. The SMILES string of the molecule is CCc1csc(CCCS)n1. The van der Waals surface area contributed by atoms with Gasteiger partial charge in [0.15, 0.2) is 0 Å². The van der Waals surface area contributed by atoms with Gasteiger partial charge in [-0.15, -0.1) is 11.3 Å². The standard InChI is InChI=1S/C8H13NS2/c1-2-7-6-11-8(9-7)4-3-5-10/h6,10H,2-5H2,1H3. The van der Waals surface area contributed by atoms with Crippen molar-refractivity contribution in [3.8, 4) is 0 Å². The lowest BCUT2D eigenvalue weighted by Crippen LogP contribution is -1.86. The summed E-state index contributed by atoms with van der Waals surface area (Å²) in [5.41, 5.74) is 1.23. The molecule has 11 heavy (non-hydrogen) atoms. The number of thiol groups is 1. The van der Waals surface area contributed by atoms with E-state index in [1.165, 1.54) is 10.7 Å². The molecule has 0 aromatic carbocycles. The highest BCUT2D eigenvalue weighted by Gasteiger charge is 1.98. The molecular weight excluding hydrogens is 174 g/mol. The molecule has 1 heterocycles. The summed E-state index contributed by atoms with van der Waals surface area (Å²) >= 11 is 5.93. The van der Waals surface area contributed by atoms with Crippen molar-refractivity contribution in [1.82, 2.24) is 4.98 Å². The fourth-order valence-corrected chi connectivity index (χ4v) is 1.94. The first-order valence-corrected chi connectivity index (χ1v) is 5.42. The van der Waals surface area contributed by atoms with Gasteiger partial charge in [0.1, 0.15) is 0 Å². The fourth-order valence-electron chi connectivity index (χ4n) is 0.856. The van der Waals surface area contributed by atoms with Crippen molar-refractivity contribution in [2.45, 2.75) is 26.2 Å². The molecule has 1 nitrogen and oxygen atoms in total. The number of nitrogens with zero attached hydrogens (tertiary/aromatic N) is 1. The van der Waals surface area contributed by atoms with Crippen molar-refractivity contribution in [3.63, 3.8) is 0 Å². The molecule has 62 valence electrons. The first kappa shape index (κ1) is 9.07. The summed E-state index contributed by atoms with van der Waals surface area (Å²) in [5.74, 6) is 0.959. The van der Waals surface area contributed by atoms with E-state index in [1.54, 1.807) is 11.3 Å². The van der Waals surface area contributed by atoms with Crippen LogP contribution in [0, 0.1) is 0 Å². The topological polar surface area (TPSA) is 12.9 Å². The Morgan fingerprint density at radius 3 is 3.00 bits per heavy atom. The Kier molecular flexibility index (Phi) is 3.94. The van der Waals surface area contributed by atoms with Crippen LogP contribution in [0.3, 0.4) is 0 Å². The molecule has 1 rings (SSSR count). The average Bonchev–Trinajstić information content (AvgIpc) is 2.48. The van der Waals surface area contributed by atoms with Crippen LogP contribution in [0.4, 0.5) is 0 Å². The maximum atomic E-state index is 4.45. The Bertz CT molecular complexity index is 208. The lowest BCUT2D eigenvalue weighted by Gasteiger charge is -1.90. The highest BCUT2D eigenvalue weighted by molar-refractivity contribution is 7.80. The highest BCUT2D eigenvalue weighted by atomic mass is 32.1. The minimum Gasteiger partial charge on any atom is -0.246 e. The van der Waals surface area contributed by atoms with Gasteiger partial charge in [-0.2, -0.15) is 12.6 Å². The summed E-state index contributed by atoms with van der Waals surface area (Å²) < 4.78 is 0. The molecule has 0 spiro atoms. The second-order valence-electron chi connectivity index (χ2n) is 2.41. The number of aryl methyl sites for hydroxylation is 2. The van der Waals surface area contributed by atoms with Gasteiger partial charge in [-0.05, 0) is 18.6 Å². The molecular formula is C8H13NS2. The lowest BCUT2D eigenvalue weighted by atomic mass is 10.3. The number of aromatic nitrogens is 1. The number of rotatable bonds is 4. The van der Waals surface area contributed by atoms with Crippen molar-refractivity contribution in [2.75, 3.05) is 5.75 Å². The Morgan fingerprint density at radius 1 is 1.64 bits per heavy atom. The summed E-state index contributed by atoms with van der Waals surface area (Å²) in [6.07, 6.45) is 3.28. The lowest BCUT2D eigenvalue weighted by molar-refractivity contribution is 0.904. The first-order valence-electron chi connectivity index (χ1n) is 3.91. The van der Waals surface area contributed by atoms with Gasteiger partial charge in [-0.1, -0.05) is 6.92 Å². The van der Waals surface area contributed by atoms with E-state index in [1.807, 2.05) is 0 Å². The van der Waals surface area contributed by atoms with Crippen LogP contribution in [-0.4, -0.2) is 10.7 Å². The molecule has 0 bridgehead atoms. The van der Waals surface area contributed by atoms with Crippen molar-refractivity contribution in [1.29, 1.82) is 0 Å². The van der Waals surface area contributed by atoms with E-state index < -0.39 is 0 Å². The van der Waals surface area contributed by atoms with Gasteiger partial charge in [0.05, 0.1) is 10.7 Å². The van der Waals surface area contributed by atoms with Gasteiger partial charge in [0, 0.05) is 11.8 Å². The Hall–Kier alpha value is -0.0200. The zero-order valence-electron chi connectivity index (χ0n) is 6.71. The summed E-state index contributed by atoms with van der Waals surface area (Å²) in [7, 11) is 0. The first-order chi connectivity index (χ1) is 5.36. The van der Waals surface area contributed by atoms with Crippen LogP contribution in [-0.2, 0) is 12.8 Å². The van der Waals surface area contributed by atoms with Crippen LogP contribution >= 0.6 is 24.0 Å². The van der Waals surface area contributed by atoms with E-state index in [0.717, 1.165) is 25.0 Å². The van der Waals surface area contributed by atoms with Crippen LogP contribution in [0.2, 0.25) is 0 Å². The molecule has 0 amide bonds. The Morgan fingerprint density at radius 2 is 2.45 bits per heavy atom. The molecule has 0 atom stereocenters. The fraction of sp³-hybridized carbons (Fsp3) is 0.625. The maximum Gasteiger partial charge on any atom is 0.0928 e. The molecule has 0 saturated heterocycles. The molecule has 0 saturated carbocycles. The third-order valence-electron chi connectivity index (χ3n) is 1.51. The summed E-state index contributed by atoms with van der Waals surface area (Å²) in [6.45, 7) is 2.14. The Balaban J connectivity index is 2.44. The van der Waals surface area contributed by atoms with E-state index in [-0.39, 0.29) is 0 Å². The molecule has 0 fully saturated rings. The molecule has 1 aromatic heterocycles. The van der Waals surface area contributed by atoms with Gasteiger partial charge < -0.3 is 0 Å². The van der Waals surface area contributed by atoms with E-state index in [0.29, 0.717) is 0 Å². The molecule has 0 aliphatic heterocycles. The maximum absolute atomic E-state index is 4.45. The molecule has 1 aromatic rings. The van der Waals surface area contributed by atoms with Crippen molar-refractivity contribution < 1.29 is 0 Å². The van der Waals surface area contributed by atoms with Crippen LogP contribution in [0.15, 0.2) is 5.38 Å². The monoisotopic (exact) mass is 187 g/mol. The number of hydrogen-bond donors (Lipinski definition) is 1.